The topological polar surface area (TPSA) is 9.23 Å². The normalized spacial score (nSPS) is 11.1. The average Bonchev–Trinajstić information content (AvgIpc) is 2.47. The molecule has 0 bridgehead atoms. The largest absolute Gasteiger partial charge is 0.380 e. The lowest BCUT2D eigenvalue weighted by atomic mass is 10.0. The van der Waals surface area contributed by atoms with E-state index in [0.717, 1.165) is 16.7 Å². The fourth-order valence-electron chi connectivity index (χ4n) is 1.97. The van der Waals surface area contributed by atoms with Crippen molar-refractivity contribution in [3.05, 3.63) is 72.1 Å². The van der Waals surface area contributed by atoms with E-state index >= 15 is 0 Å². The molecule has 0 aliphatic rings. The van der Waals surface area contributed by atoms with Gasteiger partial charge < -0.3 is 4.74 Å². The summed E-state index contributed by atoms with van der Waals surface area (Å²) in [6.45, 7) is 0.634. The summed E-state index contributed by atoms with van der Waals surface area (Å²) in [4.78, 5) is 0. The van der Waals surface area contributed by atoms with Gasteiger partial charge in [-0.25, -0.2) is 4.39 Å². The Morgan fingerprint density at radius 1 is 0.895 bits per heavy atom. The summed E-state index contributed by atoms with van der Waals surface area (Å²) in [7, 11) is 1.69. The second-order valence-electron chi connectivity index (χ2n) is 4.39. The number of ether oxygens (including phenoxy) is 1. The molecule has 2 heteroatoms. The van der Waals surface area contributed by atoms with Crippen LogP contribution in [-0.2, 0) is 17.8 Å². The van der Waals surface area contributed by atoms with Gasteiger partial charge >= 0.3 is 0 Å². The van der Waals surface area contributed by atoms with Gasteiger partial charge in [-0.2, -0.15) is 0 Å². The van der Waals surface area contributed by atoms with Crippen LogP contribution in [0.3, 0.4) is 0 Å². The van der Waals surface area contributed by atoms with Crippen LogP contribution in [0.4, 0.5) is 4.39 Å². The highest BCUT2D eigenvalue weighted by atomic mass is 19.1. The molecule has 0 fully saturated rings. The molecule has 0 unspecified atom stereocenters. The molecule has 0 N–H and O–H groups in total. The Hall–Kier alpha value is -1.93. The molecule has 0 atom stereocenters. The smallest absolute Gasteiger partial charge is 0.0830 e. The van der Waals surface area contributed by atoms with Crippen LogP contribution in [0.5, 0.6) is 0 Å². The van der Waals surface area contributed by atoms with Crippen molar-refractivity contribution in [3.8, 4) is 11.1 Å². The van der Waals surface area contributed by atoms with Gasteiger partial charge in [0.1, 0.15) is 0 Å². The van der Waals surface area contributed by atoms with Crippen LogP contribution >= 0.6 is 0 Å². The van der Waals surface area contributed by atoms with Crippen molar-refractivity contribution in [1.82, 2.24) is 0 Å². The third-order valence-electron chi connectivity index (χ3n) is 2.99. The summed E-state index contributed by atoms with van der Waals surface area (Å²) < 4.78 is 17.0. The highest BCUT2D eigenvalue weighted by molar-refractivity contribution is 5.64. The number of hydrogen-bond donors (Lipinski definition) is 0. The molecule has 0 aliphatic carbocycles. The summed E-state index contributed by atoms with van der Waals surface area (Å²) >= 11 is 0. The van der Waals surface area contributed by atoms with Crippen molar-refractivity contribution in [2.75, 3.05) is 7.11 Å². The van der Waals surface area contributed by atoms with Gasteiger partial charge in [0.2, 0.25) is 0 Å². The Balaban J connectivity index is 2.12. The lowest BCUT2D eigenvalue weighted by Crippen LogP contribution is -1.87. The quantitative estimate of drug-likeness (QED) is 0.764. The second-order valence-corrected chi connectivity index (χ2v) is 4.39. The SMILES string of the molecule is COCc1ccc(-c2ccc(CC=CF)cc2)cc1. The summed E-state index contributed by atoms with van der Waals surface area (Å²) in [5.41, 5.74) is 4.61. The number of methoxy groups -OCH3 is 1. The Morgan fingerprint density at radius 3 is 1.89 bits per heavy atom. The van der Waals surface area contributed by atoms with Crippen molar-refractivity contribution < 1.29 is 9.13 Å². The van der Waals surface area contributed by atoms with Gasteiger partial charge in [0, 0.05) is 7.11 Å². The average molecular weight is 256 g/mol. The van der Waals surface area contributed by atoms with Crippen LogP contribution in [0.1, 0.15) is 11.1 Å². The summed E-state index contributed by atoms with van der Waals surface area (Å²) in [5.74, 6) is 0. The van der Waals surface area contributed by atoms with Crippen LogP contribution in [0.15, 0.2) is 60.9 Å². The Morgan fingerprint density at radius 2 is 1.42 bits per heavy atom. The highest BCUT2D eigenvalue weighted by Gasteiger charge is 1.98. The minimum atomic E-state index is 0.586. The van der Waals surface area contributed by atoms with E-state index < -0.39 is 0 Å². The zero-order valence-electron chi connectivity index (χ0n) is 11.0. The fourth-order valence-corrected chi connectivity index (χ4v) is 1.97. The van der Waals surface area contributed by atoms with Gasteiger partial charge in [0.05, 0.1) is 12.9 Å². The van der Waals surface area contributed by atoms with Gasteiger partial charge in [-0.1, -0.05) is 54.6 Å². The zero-order chi connectivity index (χ0) is 13.5. The number of benzene rings is 2. The van der Waals surface area contributed by atoms with Crippen LogP contribution < -0.4 is 0 Å². The van der Waals surface area contributed by atoms with Crippen LogP contribution in [-0.4, -0.2) is 7.11 Å². The van der Waals surface area contributed by atoms with Gasteiger partial charge in [0.15, 0.2) is 0 Å². The standard InChI is InChI=1S/C17H17FO/c1-19-13-15-6-10-17(11-7-15)16-8-4-14(5-9-16)3-2-12-18/h2,4-12H,3,13H2,1H3. The van der Waals surface area contributed by atoms with Gasteiger partial charge in [0.25, 0.3) is 0 Å². The molecular weight excluding hydrogens is 239 g/mol. The van der Waals surface area contributed by atoms with E-state index in [-0.39, 0.29) is 0 Å². The minimum Gasteiger partial charge on any atom is -0.380 e. The Bertz CT molecular complexity index is 526. The van der Waals surface area contributed by atoms with Crippen LogP contribution in [0, 0.1) is 0 Å². The van der Waals surface area contributed by atoms with E-state index in [1.807, 2.05) is 12.1 Å². The van der Waals surface area contributed by atoms with Gasteiger partial charge in [-0.15, -0.1) is 0 Å². The zero-order valence-corrected chi connectivity index (χ0v) is 11.0. The van der Waals surface area contributed by atoms with Crippen LogP contribution in [0.2, 0.25) is 0 Å². The molecular formula is C17H17FO. The van der Waals surface area contributed by atoms with E-state index in [4.69, 9.17) is 4.74 Å². The molecule has 0 aliphatic heterocycles. The molecule has 2 aromatic rings. The number of rotatable bonds is 5. The Labute approximate surface area is 113 Å². The van der Waals surface area contributed by atoms with Crippen molar-refractivity contribution in [1.29, 1.82) is 0 Å². The first-order chi connectivity index (χ1) is 9.33. The van der Waals surface area contributed by atoms with E-state index in [9.17, 15) is 4.39 Å². The molecule has 2 aromatic carbocycles. The third-order valence-corrected chi connectivity index (χ3v) is 2.99. The van der Waals surface area contributed by atoms with Crippen LogP contribution in [0.25, 0.3) is 11.1 Å². The monoisotopic (exact) mass is 256 g/mol. The second kappa shape index (κ2) is 6.86. The predicted molar refractivity (Wildman–Crippen MR) is 76.5 cm³/mol. The number of halogens is 1. The van der Waals surface area contributed by atoms with Gasteiger partial charge in [-0.3, -0.25) is 0 Å². The van der Waals surface area contributed by atoms with Crippen molar-refractivity contribution in [3.63, 3.8) is 0 Å². The maximum Gasteiger partial charge on any atom is 0.0830 e. The molecule has 19 heavy (non-hydrogen) atoms. The lowest BCUT2D eigenvalue weighted by Gasteiger charge is -2.05. The van der Waals surface area contributed by atoms with Crippen molar-refractivity contribution >= 4 is 0 Å². The summed E-state index contributed by atoms with van der Waals surface area (Å²) in [6.07, 6.45) is 2.72. The van der Waals surface area contributed by atoms with E-state index in [2.05, 4.69) is 36.4 Å². The van der Waals surface area contributed by atoms with Crippen molar-refractivity contribution in [2.45, 2.75) is 13.0 Å². The molecule has 2 rings (SSSR count). The fraction of sp³-hybridized carbons (Fsp3) is 0.176. The van der Waals surface area contributed by atoms with E-state index in [1.165, 1.54) is 11.6 Å². The molecule has 0 radical (unpaired) electrons. The van der Waals surface area contributed by atoms with Gasteiger partial charge in [-0.05, 0) is 28.7 Å². The molecule has 0 aromatic heterocycles. The van der Waals surface area contributed by atoms with E-state index in [0.29, 0.717) is 19.4 Å². The Kier molecular flexibility index (Phi) is 4.87. The molecule has 98 valence electrons. The molecule has 0 amide bonds. The molecule has 0 saturated heterocycles. The summed E-state index contributed by atoms with van der Waals surface area (Å²) in [5, 5.41) is 0. The number of hydrogen-bond acceptors (Lipinski definition) is 1. The molecule has 0 saturated carbocycles. The highest BCUT2D eigenvalue weighted by Crippen LogP contribution is 2.20. The van der Waals surface area contributed by atoms with E-state index in [1.54, 1.807) is 7.11 Å². The first-order valence-electron chi connectivity index (χ1n) is 6.26. The summed E-state index contributed by atoms with van der Waals surface area (Å²) in [6, 6.07) is 16.5. The third kappa shape index (κ3) is 3.76. The lowest BCUT2D eigenvalue weighted by molar-refractivity contribution is 0.185. The van der Waals surface area contributed by atoms with Crippen molar-refractivity contribution in [2.24, 2.45) is 0 Å². The first kappa shape index (κ1) is 13.5. The predicted octanol–water partition coefficient (Wildman–Crippen LogP) is 4.53. The minimum absolute atomic E-state index is 0.586. The molecule has 0 heterocycles. The molecule has 0 spiro atoms. The molecule has 1 nitrogen and oxygen atoms in total. The maximum atomic E-state index is 11.9. The first-order valence-corrected chi connectivity index (χ1v) is 6.26. The number of allylic oxidation sites excluding steroid dienone is 1. The maximum absolute atomic E-state index is 11.9.